The zero-order valence-electron chi connectivity index (χ0n) is 14.8. The lowest BCUT2D eigenvalue weighted by Crippen LogP contribution is -2.45. The Morgan fingerprint density at radius 2 is 1.96 bits per heavy atom. The van der Waals surface area contributed by atoms with Crippen LogP contribution in [0.2, 0.25) is 5.02 Å². The summed E-state index contributed by atoms with van der Waals surface area (Å²) >= 11 is 5.84. The number of likely N-dealkylation sites (tertiary alicyclic amines) is 1. The third kappa shape index (κ3) is 4.23. The third-order valence-corrected chi connectivity index (χ3v) is 4.87. The van der Waals surface area contributed by atoms with Crippen LogP contribution in [0.1, 0.15) is 28.8 Å². The summed E-state index contributed by atoms with van der Waals surface area (Å²) in [5.74, 6) is -1.31. The Balaban J connectivity index is 1.68. The minimum absolute atomic E-state index is 0.0977. The standard InChI is InChI=1S/C19H18ClN3O5/c20-14-6-3-12(4-7-14)11-21-18(25)16-2-1-9-22(16)19(26)13-5-8-15(23(27)28)17(24)10-13/h3-8,10,16,24H,1-2,9,11H2,(H,21,25). The molecule has 0 aliphatic carbocycles. The lowest BCUT2D eigenvalue weighted by Gasteiger charge is -2.24. The molecule has 0 spiro atoms. The fourth-order valence-corrected chi connectivity index (χ4v) is 3.29. The smallest absolute Gasteiger partial charge is 0.310 e. The van der Waals surface area contributed by atoms with Gasteiger partial charge in [-0.15, -0.1) is 0 Å². The Morgan fingerprint density at radius 3 is 2.61 bits per heavy atom. The maximum absolute atomic E-state index is 12.8. The number of benzene rings is 2. The van der Waals surface area contributed by atoms with Crippen LogP contribution in [-0.4, -0.2) is 39.3 Å². The number of hydrogen-bond donors (Lipinski definition) is 2. The molecule has 0 aromatic heterocycles. The molecule has 1 heterocycles. The Kier molecular flexibility index (Phi) is 5.79. The van der Waals surface area contributed by atoms with Crippen molar-refractivity contribution in [3.05, 3.63) is 68.7 Å². The van der Waals surface area contributed by atoms with Crippen molar-refractivity contribution in [2.24, 2.45) is 0 Å². The van der Waals surface area contributed by atoms with Gasteiger partial charge in [-0.3, -0.25) is 19.7 Å². The van der Waals surface area contributed by atoms with Gasteiger partial charge in [0.25, 0.3) is 5.91 Å². The Hall–Kier alpha value is -3.13. The van der Waals surface area contributed by atoms with Crippen LogP contribution in [0.5, 0.6) is 5.75 Å². The van der Waals surface area contributed by atoms with Crippen molar-refractivity contribution in [3.8, 4) is 5.75 Å². The monoisotopic (exact) mass is 403 g/mol. The molecule has 8 nitrogen and oxygen atoms in total. The van der Waals surface area contributed by atoms with Crippen molar-refractivity contribution >= 4 is 29.1 Å². The van der Waals surface area contributed by atoms with E-state index in [1.165, 1.54) is 11.0 Å². The molecule has 2 N–H and O–H groups in total. The van der Waals surface area contributed by atoms with E-state index in [1.807, 2.05) is 0 Å². The number of nitro benzene ring substituents is 1. The molecule has 1 atom stereocenters. The average molecular weight is 404 g/mol. The third-order valence-electron chi connectivity index (χ3n) is 4.62. The van der Waals surface area contributed by atoms with Gasteiger partial charge >= 0.3 is 5.69 Å². The molecule has 1 aliphatic heterocycles. The summed E-state index contributed by atoms with van der Waals surface area (Å²) < 4.78 is 0. The number of phenolic OH excluding ortho intramolecular Hbond substituents is 1. The molecule has 3 rings (SSSR count). The van der Waals surface area contributed by atoms with Crippen molar-refractivity contribution in [2.45, 2.75) is 25.4 Å². The predicted molar refractivity (Wildman–Crippen MR) is 102 cm³/mol. The van der Waals surface area contributed by atoms with Gasteiger partial charge in [0.15, 0.2) is 5.75 Å². The summed E-state index contributed by atoms with van der Waals surface area (Å²) in [5.41, 5.74) is 0.504. The highest BCUT2D eigenvalue weighted by molar-refractivity contribution is 6.30. The molecule has 146 valence electrons. The Bertz CT molecular complexity index is 916. The molecule has 0 saturated carbocycles. The lowest BCUT2D eigenvalue weighted by atomic mass is 10.1. The molecular formula is C19H18ClN3O5. The van der Waals surface area contributed by atoms with Crippen LogP contribution in [0.15, 0.2) is 42.5 Å². The number of nitrogens with one attached hydrogen (secondary N) is 1. The van der Waals surface area contributed by atoms with Gasteiger partial charge in [0.05, 0.1) is 4.92 Å². The van der Waals surface area contributed by atoms with E-state index < -0.39 is 28.3 Å². The lowest BCUT2D eigenvalue weighted by molar-refractivity contribution is -0.385. The number of nitrogens with zero attached hydrogens (tertiary/aromatic N) is 2. The molecule has 2 amide bonds. The fourth-order valence-electron chi connectivity index (χ4n) is 3.17. The van der Waals surface area contributed by atoms with Crippen LogP contribution in [0, 0.1) is 10.1 Å². The van der Waals surface area contributed by atoms with E-state index in [4.69, 9.17) is 11.6 Å². The van der Waals surface area contributed by atoms with Crippen molar-refractivity contribution in [3.63, 3.8) is 0 Å². The number of phenols is 1. The van der Waals surface area contributed by atoms with Crippen LogP contribution >= 0.6 is 11.6 Å². The van der Waals surface area contributed by atoms with Crippen LogP contribution in [0.4, 0.5) is 5.69 Å². The first-order chi connectivity index (χ1) is 13.4. The number of amides is 2. The molecule has 1 aliphatic rings. The first kappa shape index (κ1) is 19.6. The highest BCUT2D eigenvalue weighted by atomic mass is 35.5. The van der Waals surface area contributed by atoms with Gasteiger partial charge < -0.3 is 15.3 Å². The summed E-state index contributed by atoms with van der Waals surface area (Å²) in [6.07, 6.45) is 1.20. The number of halogens is 1. The van der Waals surface area contributed by atoms with E-state index >= 15 is 0 Å². The van der Waals surface area contributed by atoms with Gasteiger partial charge in [0.1, 0.15) is 6.04 Å². The SMILES string of the molecule is O=C(NCc1ccc(Cl)cc1)C1CCCN1C(=O)c1ccc([N+](=O)[O-])c(O)c1. The first-order valence-corrected chi connectivity index (χ1v) is 9.05. The maximum atomic E-state index is 12.8. The maximum Gasteiger partial charge on any atom is 0.310 e. The quantitative estimate of drug-likeness (QED) is 0.588. The fraction of sp³-hybridized carbons (Fsp3) is 0.263. The van der Waals surface area contributed by atoms with Crippen LogP contribution in [-0.2, 0) is 11.3 Å². The largest absolute Gasteiger partial charge is 0.502 e. The topological polar surface area (TPSA) is 113 Å². The summed E-state index contributed by atoms with van der Waals surface area (Å²) in [6.45, 7) is 0.711. The normalized spacial score (nSPS) is 16.0. The van der Waals surface area contributed by atoms with E-state index in [1.54, 1.807) is 24.3 Å². The number of carbonyl (C=O) groups is 2. The van der Waals surface area contributed by atoms with Crippen LogP contribution < -0.4 is 5.32 Å². The van der Waals surface area contributed by atoms with Gasteiger partial charge in [-0.05, 0) is 42.7 Å². The number of rotatable bonds is 5. The summed E-state index contributed by atoms with van der Waals surface area (Å²) in [5, 5.41) is 24.0. The zero-order chi connectivity index (χ0) is 20.3. The van der Waals surface area contributed by atoms with Gasteiger partial charge in [0, 0.05) is 29.7 Å². The summed E-state index contributed by atoms with van der Waals surface area (Å²) in [7, 11) is 0. The molecule has 0 bridgehead atoms. The second-order valence-electron chi connectivity index (χ2n) is 6.46. The van der Waals surface area contributed by atoms with E-state index in [0.717, 1.165) is 17.7 Å². The Labute approximate surface area is 165 Å². The molecule has 2 aromatic rings. The van der Waals surface area contributed by atoms with Crippen LogP contribution in [0.25, 0.3) is 0 Å². The van der Waals surface area contributed by atoms with E-state index in [2.05, 4.69) is 5.32 Å². The van der Waals surface area contributed by atoms with Gasteiger partial charge in [-0.1, -0.05) is 23.7 Å². The molecule has 2 aromatic carbocycles. The zero-order valence-corrected chi connectivity index (χ0v) is 15.6. The Morgan fingerprint density at radius 1 is 1.25 bits per heavy atom. The minimum atomic E-state index is -0.730. The summed E-state index contributed by atoms with van der Waals surface area (Å²) in [4.78, 5) is 36.8. The van der Waals surface area contributed by atoms with Crippen molar-refractivity contribution in [1.82, 2.24) is 10.2 Å². The molecule has 9 heteroatoms. The highest BCUT2D eigenvalue weighted by Crippen LogP contribution is 2.28. The average Bonchev–Trinajstić information content (AvgIpc) is 3.16. The van der Waals surface area contributed by atoms with Gasteiger partial charge in [-0.25, -0.2) is 0 Å². The van der Waals surface area contributed by atoms with E-state index in [0.29, 0.717) is 31.0 Å². The highest BCUT2D eigenvalue weighted by Gasteiger charge is 2.34. The minimum Gasteiger partial charge on any atom is -0.502 e. The second-order valence-corrected chi connectivity index (χ2v) is 6.90. The van der Waals surface area contributed by atoms with Crippen molar-refractivity contribution in [2.75, 3.05) is 6.54 Å². The van der Waals surface area contributed by atoms with Crippen molar-refractivity contribution in [1.29, 1.82) is 0 Å². The van der Waals surface area contributed by atoms with Gasteiger partial charge in [-0.2, -0.15) is 0 Å². The summed E-state index contributed by atoms with van der Waals surface area (Å²) in [6, 6.07) is 9.86. The molecule has 0 radical (unpaired) electrons. The van der Waals surface area contributed by atoms with Crippen molar-refractivity contribution < 1.29 is 19.6 Å². The second kappa shape index (κ2) is 8.26. The van der Waals surface area contributed by atoms with E-state index in [-0.39, 0.29) is 11.5 Å². The number of aromatic hydroxyl groups is 1. The molecule has 1 fully saturated rings. The molecule has 28 heavy (non-hydrogen) atoms. The number of nitro groups is 1. The number of carbonyl (C=O) groups excluding carboxylic acids is 2. The van der Waals surface area contributed by atoms with Crippen LogP contribution in [0.3, 0.4) is 0 Å². The molecule has 1 unspecified atom stereocenters. The van der Waals surface area contributed by atoms with E-state index in [9.17, 15) is 24.8 Å². The first-order valence-electron chi connectivity index (χ1n) is 8.67. The predicted octanol–water partition coefficient (Wildman–Crippen LogP) is 2.87. The van der Waals surface area contributed by atoms with Gasteiger partial charge in [0.2, 0.25) is 5.91 Å². The molecule has 1 saturated heterocycles. The number of hydrogen-bond acceptors (Lipinski definition) is 5. The molecular weight excluding hydrogens is 386 g/mol.